The average molecular weight is 475 g/mol. The van der Waals surface area contributed by atoms with Crippen LogP contribution in [-0.4, -0.2) is 20.9 Å². The zero-order valence-corrected chi connectivity index (χ0v) is 19.6. The lowest BCUT2D eigenvalue weighted by Gasteiger charge is -2.22. The summed E-state index contributed by atoms with van der Waals surface area (Å²) in [6.45, 7) is 0.377. The van der Waals surface area contributed by atoms with E-state index in [4.69, 9.17) is 10.5 Å². The first-order valence-corrected chi connectivity index (χ1v) is 12.4. The van der Waals surface area contributed by atoms with Crippen molar-refractivity contribution in [1.29, 1.82) is 0 Å². The minimum Gasteiger partial charge on any atom is -0.485 e. The van der Waals surface area contributed by atoms with E-state index < -0.39 is 6.04 Å². The standard InChI is InChI=1S/C26H26N4O3S/c27-25-23(33-16-19-3-1-2-18(12-19)7-6-17-4-5-17)13-21(14-28-25)24-15-29-26(34-24)20-8-10-22(11-9-20)30(31)32/h1-3,12-15,17,20,22H,4-5,8-11,16H2,(H2,27,28). The summed E-state index contributed by atoms with van der Waals surface area (Å²) in [4.78, 5) is 20.8. The van der Waals surface area contributed by atoms with Gasteiger partial charge < -0.3 is 10.5 Å². The summed E-state index contributed by atoms with van der Waals surface area (Å²) in [5.74, 6) is 8.25. The minimum absolute atomic E-state index is 0.150. The number of nitro groups is 1. The first kappa shape index (κ1) is 22.4. The van der Waals surface area contributed by atoms with Crippen LogP contribution in [0.3, 0.4) is 0 Å². The van der Waals surface area contributed by atoms with Crippen LogP contribution in [0.4, 0.5) is 5.82 Å². The number of pyridine rings is 1. The van der Waals surface area contributed by atoms with E-state index in [9.17, 15) is 10.1 Å². The highest BCUT2D eigenvalue weighted by atomic mass is 32.1. The molecule has 2 aromatic heterocycles. The zero-order valence-electron chi connectivity index (χ0n) is 18.8. The first-order valence-electron chi connectivity index (χ1n) is 11.6. The molecular formula is C26H26N4O3S. The maximum atomic E-state index is 11.0. The SMILES string of the molecule is Nc1ncc(-c2cnc(C3CCC([N+](=O)[O-])CC3)s2)cc1OCc1cccc(C#CC2CC2)c1. The van der Waals surface area contributed by atoms with Gasteiger partial charge in [0.2, 0.25) is 6.04 Å². The van der Waals surface area contributed by atoms with Gasteiger partial charge in [-0.3, -0.25) is 10.1 Å². The highest BCUT2D eigenvalue weighted by Gasteiger charge is 2.30. The number of nitrogens with two attached hydrogens (primary N) is 1. The Labute approximate surface area is 202 Å². The Morgan fingerprint density at radius 1 is 1.12 bits per heavy atom. The molecule has 8 heteroatoms. The molecule has 2 heterocycles. The van der Waals surface area contributed by atoms with E-state index in [1.807, 2.05) is 36.5 Å². The van der Waals surface area contributed by atoms with Gasteiger partial charge in [-0.2, -0.15) is 0 Å². The van der Waals surface area contributed by atoms with Gasteiger partial charge in [0, 0.05) is 53.1 Å². The van der Waals surface area contributed by atoms with Crippen LogP contribution in [0.1, 0.15) is 60.6 Å². The zero-order chi connectivity index (χ0) is 23.5. The van der Waals surface area contributed by atoms with Crippen LogP contribution < -0.4 is 10.5 Å². The number of hydrogen-bond acceptors (Lipinski definition) is 7. The second-order valence-electron chi connectivity index (χ2n) is 8.99. The Morgan fingerprint density at radius 2 is 1.94 bits per heavy atom. The molecule has 2 saturated carbocycles. The van der Waals surface area contributed by atoms with Gasteiger partial charge in [-0.1, -0.05) is 24.0 Å². The van der Waals surface area contributed by atoms with Crippen molar-refractivity contribution in [1.82, 2.24) is 9.97 Å². The van der Waals surface area contributed by atoms with Gasteiger partial charge in [-0.25, -0.2) is 9.97 Å². The molecule has 2 aliphatic rings. The third-order valence-electron chi connectivity index (χ3n) is 6.35. The fraction of sp³-hybridized carbons (Fsp3) is 0.385. The molecule has 5 rings (SSSR count). The Kier molecular flexibility index (Phi) is 6.45. The Bertz CT molecular complexity index is 1250. The quantitative estimate of drug-likeness (QED) is 0.290. The van der Waals surface area contributed by atoms with E-state index in [-0.39, 0.29) is 10.8 Å². The molecule has 174 valence electrons. The van der Waals surface area contributed by atoms with Crippen LogP contribution in [0.15, 0.2) is 42.7 Å². The summed E-state index contributed by atoms with van der Waals surface area (Å²) < 4.78 is 6.02. The number of nitrogen functional groups attached to an aromatic ring is 1. The second kappa shape index (κ2) is 9.82. The largest absolute Gasteiger partial charge is 0.485 e. The molecule has 7 nitrogen and oxygen atoms in total. The summed E-state index contributed by atoms with van der Waals surface area (Å²) in [5.41, 5.74) is 9.01. The van der Waals surface area contributed by atoms with E-state index in [0.29, 0.717) is 36.9 Å². The van der Waals surface area contributed by atoms with Crippen molar-refractivity contribution in [2.45, 2.75) is 57.1 Å². The molecule has 0 aliphatic heterocycles. The third-order valence-corrected chi connectivity index (χ3v) is 7.56. The van der Waals surface area contributed by atoms with E-state index in [1.165, 1.54) is 12.8 Å². The number of ether oxygens (including phenoxy) is 1. The fourth-order valence-electron chi connectivity index (χ4n) is 4.16. The summed E-state index contributed by atoms with van der Waals surface area (Å²) in [5, 5.41) is 12.0. The number of anilines is 1. The number of thiazole rings is 1. The Morgan fingerprint density at radius 3 is 2.71 bits per heavy atom. The molecule has 0 spiro atoms. The molecule has 0 bridgehead atoms. The maximum Gasteiger partial charge on any atom is 0.213 e. The van der Waals surface area contributed by atoms with Crippen molar-refractivity contribution in [2.75, 3.05) is 5.73 Å². The van der Waals surface area contributed by atoms with Crippen LogP contribution in [0.2, 0.25) is 0 Å². The number of aromatic nitrogens is 2. The second-order valence-corrected chi connectivity index (χ2v) is 10.1. The van der Waals surface area contributed by atoms with Gasteiger partial charge in [-0.15, -0.1) is 11.3 Å². The van der Waals surface area contributed by atoms with Gasteiger partial charge >= 0.3 is 0 Å². The monoisotopic (exact) mass is 474 g/mol. The number of rotatable bonds is 6. The van der Waals surface area contributed by atoms with Crippen LogP contribution in [-0.2, 0) is 6.61 Å². The Hall–Kier alpha value is -3.44. The summed E-state index contributed by atoms with van der Waals surface area (Å²) in [7, 11) is 0. The average Bonchev–Trinajstić information content (AvgIpc) is 3.56. The van der Waals surface area contributed by atoms with Crippen molar-refractivity contribution in [3.8, 4) is 28.0 Å². The lowest BCUT2D eigenvalue weighted by Crippen LogP contribution is -2.25. The van der Waals surface area contributed by atoms with Crippen LogP contribution in [0, 0.1) is 27.9 Å². The van der Waals surface area contributed by atoms with E-state index in [1.54, 1.807) is 17.5 Å². The topological polar surface area (TPSA) is 104 Å². The molecule has 1 aromatic carbocycles. The maximum absolute atomic E-state index is 11.0. The lowest BCUT2D eigenvalue weighted by molar-refractivity contribution is -0.526. The number of benzene rings is 1. The number of hydrogen-bond donors (Lipinski definition) is 1. The minimum atomic E-state index is -0.414. The van der Waals surface area contributed by atoms with Crippen molar-refractivity contribution in [3.05, 3.63) is 69.0 Å². The molecule has 0 unspecified atom stereocenters. The molecule has 0 radical (unpaired) electrons. The summed E-state index contributed by atoms with van der Waals surface area (Å²) in [6, 6.07) is 9.56. The lowest BCUT2D eigenvalue weighted by atomic mass is 9.87. The number of nitrogens with zero attached hydrogens (tertiary/aromatic N) is 3. The van der Waals surface area contributed by atoms with Crippen LogP contribution in [0.5, 0.6) is 5.75 Å². The Balaban J connectivity index is 1.25. The van der Waals surface area contributed by atoms with E-state index in [0.717, 1.165) is 39.4 Å². The molecule has 0 saturated heterocycles. The van der Waals surface area contributed by atoms with Crippen molar-refractivity contribution in [3.63, 3.8) is 0 Å². The van der Waals surface area contributed by atoms with E-state index >= 15 is 0 Å². The molecule has 2 aliphatic carbocycles. The van der Waals surface area contributed by atoms with Crippen molar-refractivity contribution in [2.24, 2.45) is 5.92 Å². The highest BCUT2D eigenvalue weighted by molar-refractivity contribution is 7.15. The van der Waals surface area contributed by atoms with Crippen LogP contribution in [0.25, 0.3) is 10.4 Å². The highest BCUT2D eigenvalue weighted by Crippen LogP contribution is 2.39. The van der Waals surface area contributed by atoms with Gasteiger partial charge in [-0.05, 0) is 49.4 Å². The van der Waals surface area contributed by atoms with Gasteiger partial charge in [0.1, 0.15) is 6.61 Å². The van der Waals surface area contributed by atoms with Gasteiger partial charge in [0.05, 0.1) is 9.88 Å². The van der Waals surface area contributed by atoms with Crippen molar-refractivity contribution >= 4 is 17.2 Å². The predicted octanol–water partition coefficient (Wildman–Crippen LogP) is 5.43. The van der Waals surface area contributed by atoms with Gasteiger partial charge in [0.25, 0.3) is 0 Å². The normalized spacial score (nSPS) is 19.8. The fourth-order valence-corrected chi connectivity index (χ4v) is 5.23. The van der Waals surface area contributed by atoms with Crippen LogP contribution >= 0.6 is 11.3 Å². The smallest absolute Gasteiger partial charge is 0.213 e. The summed E-state index contributed by atoms with van der Waals surface area (Å²) >= 11 is 1.61. The molecule has 0 atom stereocenters. The molecule has 34 heavy (non-hydrogen) atoms. The third kappa shape index (κ3) is 5.37. The first-order chi connectivity index (χ1) is 16.5. The van der Waals surface area contributed by atoms with Crippen molar-refractivity contribution < 1.29 is 9.66 Å². The van der Waals surface area contributed by atoms with E-state index in [2.05, 4.69) is 21.8 Å². The molecule has 2 fully saturated rings. The van der Waals surface area contributed by atoms with Gasteiger partial charge in [0.15, 0.2) is 11.6 Å². The molecule has 2 N–H and O–H groups in total. The molecule has 3 aromatic rings. The predicted molar refractivity (Wildman–Crippen MR) is 132 cm³/mol. The molecular weight excluding hydrogens is 448 g/mol. The molecule has 0 amide bonds. The summed E-state index contributed by atoms with van der Waals surface area (Å²) in [6.07, 6.45) is 8.83.